The van der Waals surface area contributed by atoms with Crippen LogP contribution < -0.4 is 30.4 Å². The number of carbonyl (C=O) groups is 2. The maximum atomic E-state index is 12.4. The Morgan fingerprint density at radius 3 is 1.93 bits per heavy atom. The SMILES string of the molecule is COc1cc(C(=O)NC(=S)NNC(=O)c2ccc(Cl)cc2)cc(OC)c1OC. The number of nitrogens with one attached hydrogen (secondary N) is 3. The molecule has 3 N–H and O–H groups in total. The van der Waals surface area contributed by atoms with Gasteiger partial charge in [0.15, 0.2) is 16.6 Å². The van der Waals surface area contributed by atoms with Crippen LogP contribution in [0.2, 0.25) is 5.02 Å². The maximum absolute atomic E-state index is 12.4. The first-order valence-electron chi connectivity index (χ1n) is 7.86. The molecule has 2 amide bonds. The molecule has 8 nitrogen and oxygen atoms in total. The molecule has 0 radical (unpaired) electrons. The summed E-state index contributed by atoms with van der Waals surface area (Å²) in [5.41, 5.74) is 5.43. The molecular weight excluding hydrogens is 406 g/mol. The summed E-state index contributed by atoms with van der Waals surface area (Å²) >= 11 is 10.8. The van der Waals surface area contributed by atoms with Crippen molar-refractivity contribution in [3.63, 3.8) is 0 Å². The summed E-state index contributed by atoms with van der Waals surface area (Å²) in [6.07, 6.45) is 0. The normalized spacial score (nSPS) is 9.86. The summed E-state index contributed by atoms with van der Waals surface area (Å²) in [4.78, 5) is 24.4. The van der Waals surface area contributed by atoms with E-state index < -0.39 is 11.8 Å². The molecule has 2 rings (SSSR count). The van der Waals surface area contributed by atoms with Gasteiger partial charge in [0.05, 0.1) is 21.3 Å². The van der Waals surface area contributed by atoms with Gasteiger partial charge in [-0.05, 0) is 48.6 Å². The zero-order valence-corrected chi connectivity index (χ0v) is 16.9. The van der Waals surface area contributed by atoms with Crippen LogP contribution in [0.25, 0.3) is 0 Å². The topological polar surface area (TPSA) is 97.9 Å². The van der Waals surface area contributed by atoms with Gasteiger partial charge in [-0.1, -0.05) is 11.6 Å². The molecular formula is C18H18ClN3O5S. The van der Waals surface area contributed by atoms with Crippen molar-refractivity contribution >= 4 is 40.7 Å². The molecule has 0 aliphatic rings. The number of rotatable bonds is 5. The molecule has 0 heterocycles. The molecule has 0 fully saturated rings. The van der Waals surface area contributed by atoms with E-state index in [2.05, 4.69) is 16.2 Å². The third kappa shape index (κ3) is 5.24. The van der Waals surface area contributed by atoms with Crippen LogP contribution in [-0.2, 0) is 0 Å². The second-order valence-corrected chi connectivity index (χ2v) is 6.13. The number of carbonyl (C=O) groups excluding carboxylic acids is 2. The summed E-state index contributed by atoms with van der Waals surface area (Å²) in [5.74, 6) is 0.0277. The summed E-state index contributed by atoms with van der Waals surface area (Å²) in [7, 11) is 4.34. The molecule has 0 aromatic heterocycles. The van der Waals surface area contributed by atoms with Crippen LogP contribution in [0.5, 0.6) is 17.2 Å². The summed E-state index contributed by atoms with van der Waals surface area (Å²) in [6, 6.07) is 9.23. The fourth-order valence-electron chi connectivity index (χ4n) is 2.21. The van der Waals surface area contributed by atoms with Crippen molar-refractivity contribution in [3.05, 3.63) is 52.5 Å². The highest BCUT2D eigenvalue weighted by Gasteiger charge is 2.17. The highest BCUT2D eigenvalue weighted by atomic mass is 35.5. The Morgan fingerprint density at radius 2 is 1.43 bits per heavy atom. The molecule has 0 saturated carbocycles. The Hall–Kier alpha value is -3.04. The van der Waals surface area contributed by atoms with E-state index in [9.17, 15) is 9.59 Å². The van der Waals surface area contributed by atoms with Crippen molar-refractivity contribution in [3.8, 4) is 17.2 Å². The first kappa shape index (κ1) is 21.3. The minimum Gasteiger partial charge on any atom is -0.493 e. The molecule has 0 atom stereocenters. The van der Waals surface area contributed by atoms with Crippen molar-refractivity contribution < 1.29 is 23.8 Å². The van der Waals surface area contributed by atoms with E-state index in [1.165, 1.54) is 33.5 Å². The zero-order valence-electron chi connectivity index (χ0n) is 15.3. The Morgan fingerprint density at radius 1 is 0.857 bits per heavy atom. The smallest absolute Gasteiger partial charge is 0.269 e. The van der Waals surface area contributed by atoms with E-state index in [4.69, 9.17) is 38.0 Å². The van der Waals surface area contributed by atoms with Crippen LogP contribution in [0.3, 0.4) is 0 Å². The Labute approximate surface area is 172 Å². The summed E-state index contributed by atoms with van der Waals surface area (Å²) in [6.45, 7) is 0. The fraction of sp³-hybridized carbons (Fsp3) is 0.167. The van der Waals surface area contributed by atoms with Crippen LogP contribution in [0.15, 0.2) is 36.4 Å². The van der Waals surface area contributed by atoms with Gasteiger partial charge in [0.25, 0.3) is 11.8 Å². The van der Waals surface area contributed by atoms with Gasteiger partial charge in [0.1, 0.15) is 0 Å². The number of hydrogen-bond donors (Lipinski definition) is 3. The average molecular weight is 424 g/mol. The van der Waals surface area contributed by atoms with Crippen molar-refractivity contribution in [2.24, 2.45) is 0 Å². The van der Waals surface area contributed by atoms with Gasteiger partial charge in [-0.3, -0.25) is 25.8 Å². The number of methoxy groups -OCH3 is 3. The predicted molar refractivity (Wildman–Crippen MR) is 108 cm³/mol. The van der Waals surface area contributed by atoms with Crippen LogP contribution >= 0.6 is 23.8 Å². The van der Waals surface area contributed by atoms with Crippen molar-refractivity contribution in [1.82, 2.24) is 16.2 Å². The predicted octanol–water partition coefficient (Wildman–Crippen LogP) is 2.32. The van der Waals surface area contributed by atoms with Crippen LogP contribution in [0.1, 0.15) is 20.7 Å². The number of benzene rings is 2. The lowest BCUT2D eigenvalue weighted by Gasteiger charge is -2.15. The second kappa shape index (κ2) is 9.77. The standard InChI is InChI=1S/C18H18ClN3O5S/c1-25-13-8-11(9-14(26-2)15(13)27-3)16(23)20-18(28)22-21-17(24)10-4-6-12(19)7-5-10/h4-9H,1-3H3,(H,21,24)(H2,20,22,23,28). The van der Waals surface area contributed by atoms with Crippen LogP contribution in [-0.4, -0.2) is 38.3 Å². The number of halogens is 1. The molecule has 0 bridgehead atoms. The fourth-order valence-corrected chi connectivity index (χ4v) is 2.48. The molecule has 2 aromatic rings. The van der Waals surface area contributed by atoms with Crippen LogP contribution in [0, 0.1) is 0 Å². The highest BCUT2D eigenvalue weighted by Crippen LogP contribution is 2.38. The molecule has 0 aliphatic carbocycles. The lowest BCUT2D eigenvalue weighted by Crippen LogP contribution is -2.48. The Kier molecular flexibility index (Phi) is 7.42. The van der Waals surface area contributed by atoms with E-state index in [0.29, 0.717) is 27.8 Å². The first-order valence-corrected chi connectivity index (χ1v) is 8.65. The van der Waals surface area contributed by atoms with Gasteiger partial charge in [-0.15, -0.1) is 0 Å². The molecule has 2 aromatic carbocycles. The highest BCUT2D eigenvalue weighted by molar-refractivity contribution is 7.80. The largest absolute Gasteiger partial charge is 0.493 e. The molecule has 148 valence electrons. The Balaban J connectivity index is 2.01. The summed E-state index contributed by atoms with van der Waals surface area (Å²) < 4.78 is 15.6. The van der Waals surface area contributed by atoms with Gasteiger partial charge in [-0.2, -0.15) is 0 Å². The molecule has 0 spiro atoms. The summed E-state index contributed by atoms with van der Waals surface area (Å²) in [5, 5.41) is 2.86. The zero-order chi connectivity index (χ0) is 20.7. The van der Waals surface area contributed by atoms with E-state index in [1.807, 2.05) is 0 Å². The maximum Gasteiger partial charge on any atom is 0.269 e. The Bertz CT molecular complexity index is 864. The number of ether oxygens (including phenoxy) is 3. The minimum absolute atomic E-state index is 0.0962. The van der Waals surface area contributed by atoms with Gasteiger partial charge in [0, 0.05) is 16.1 Å². The molecule has 0 unspecified atom stereocenters. The van der Waals surface area contributed by atoms with E-state index in [1.54, 1.807) is 24.3 Å². The van der Waals surface area contributed by atoms with Crippen molar-refractivity contribution in [2.75, 3.05) is 21.3 Å². The van der Waals surface area contributed by atoms with E-state index in [-0.39, 0.29) is 10.7 Å². The molecule has 0 aliphatic heterocycles. The lowest BCUT2D eigenvalue weighted by atomic mass is 10.1. The van der Waals surface area contributed by atoms with Gasteiger partial charge in [0.2, 0.25) is 5.75 Å². The first-order chi connectivity index (χ1) is 13.4. The van der Waals surface area contributed by atoms with Gasteiger partial charge < -0.3 is 14.2 Å². The number of amides is 2. The third-order valence-electron chi connectivity index (χ3n) is 3.55. The second-order valence-electron chi connectivity index (χ2n) is 5.28. The average Bonchev–Trinajstić information content (AvgIpc) is 2.71. The van der Waals surface area contributed by atoms with Gasteiger partial charge >= 0.3 is 0 Å². The quantitative estimate of drug-likeness (QED) is 0.501. The molecule has 10 heteroatoms. The number of thiocarbonyl (C=S) groups is 1. The number of hydrazine groups is 1. The molecule has 0 saturated heterocycles. The number of hydrogen-bond acceptors (Lipinski definition) is 6. The van der Waals surface area contributed by atoms with Crippen molar-refractivity contribution in [1.29, 1.82) is 0 Å². The van der Waals surface area contributed by atoms with E-state index >= 15 is 0 Å². The van der Waals surface area contributed by atoms with E-state index in [0.717, 1.165) is 0 Å². The molecule has 28 heavy (non-hydrogen) atoms. The van der Waals surface area contributed by atoms with Gasteiger partial charge in [-0.25, -0.2) is 0 Å². The van der Waals surface area contributed by atoms with Crippen LogP contribution in [0.4, 0.5) is 0 Å². The van der Waals surface area contributed by atoms with Crippen molar-refractivity contribution in [2.45, 2.75) is 0 Å². The monoisotopic (exact) mass is 423 g/mol. The lowest BCUT2D eigenvalue weighted by molar-refractivity contribution is 0.0934. The third-order valence-corrected chi connectivity index (χ3v) is 4.01. The minimum atomic E-state index is -0.530.